The number of nitrogens with one attached hydrogen (secondary N) is 3. The van der Waals surface area contributed by atoms with E-state index < -0.39 is 17.3 Å². The topological polar surface area (TPSA) is 152 Å². The highest BCUT2D eigenvalue weighted by molar-refractivity contribution is 5.87. The van der Waals surface area contributed by atoms with Gasteiger partial charge in [0.2, 0.25) is 0 Å². The van der Waals surface area contributed by atoms with E-state index in [1.165, 1.54) is 22.3 Å². The predicted molar refractivity (Wildman–Crippen MR) is 218 cm³/mol. The van der Waals surface area contributed by atoms with Gasteiger partial charge in [-0.15, -0.1) is 0 Å². The van der Waals surface area contributed by atoms with Gasteiger partial charge in [-0.3, -0.25) is 4.90 Å². The first-order valence-electron chi connectivity index (χ1n) is 19.9. The van der Waals surface area contributed by atoms with Crippen LogP contribution in [0.1, 0.15) is 67.6 Å². The number of methoxy groups -OCH3 is 1. The molecule has 16 heteroatoms. The van der Waals surface area contributed by atoms with E-state index in [9.17, 15) is 22.8 Å². The number of H-pyrrole nitrogens is 2. The van der Waals surface area contributed by atoms with E-state index >= 15 is 0 Å². The molecule has 5 N–H and O–H groups in total. The number of halogens is 3. The van der Waals surface area contributed by atoms with Gasteiger partial charge >= 0.3 is 18.2 Å². The second kappa shape index (κ2) is 16.8. The molecule has 2 aromatic carbocycles. The Morgan fingerprint density at radius 2 is 1.48 bits per heavy atom. The summed E-state index contributed by atoms with van der Waals surface area (Å²) >= 11 is 0. The summed E-state index contributed by atoms with van der Waals surface area (Å²) in [6.45, 7) is 12.2. The van der Waals surface area contributed by atoms with Crippen LogP contribution in [0.4, 0.5) is 28.6 Å². The number of anilines is 1. The summed E-state index contributed by atoms with van der Waals surface area (Å²) in [5, 5.41) is 5.36. The monoisotopic (exact) mass is 802 g/mol. The Kier molecular flexibility index (Phi) is 11.8. The van der Waals surface area contributed by atoms with Crippen LogP contribution in [0.3, 0.4) is 0 Å². The quantitative estimate of drug-likeness (QED) is 0.136. The number of amides is 4. The summed E-state index contributed by atoms with van der Waals surface area (Å²) in [6, 6.07) is 14.8. The fourth-order valence-corrected chi connectivity index (χ4v) is 7.89. The number of para-hydroxylation sites is 1. The molecule has 3 aromatic heterocycles. The summed E-state index contributed by atoms with van der Waals surface area (Å²) in [7, 11) is 1.65. The molecule has 58 heavy (non-hydrogen) atoms. The summed E-state index contributed by atoms with van der Waals surface area (Å²) in [4.78, 5) is 47.0. The number of nitrogens with zero attached hydrogens (tertiary/aromatic N) is 6. The third-order valence-electron chi connectivity index (χ3n) is 11.2. The highest BCUT2D eigenvalue weighted by Gasteiger charge is 2.36. The van der Waals surface area contributed by atoms with E-state index in [-0.39, 0.29) is 17.9 Å². The van der Waals surface area contributed by atoms with Gasteiger partial charge in [0.1, 0.15) is 23.1 Å². The molecular weight excluding hydrogens is 750 g/mol. The Labute approximate surface area is 336 Å². The molecular formula is C42H53F3N10O3. The Morgan fingerprint density at radius 3 is 2.16 bits per heavy atom. The summed E-state index contributed by atoms with van der Waals surface area (Å²) < 4.78 is 45.9. The van der Waals surface area contributed by atoms with Crippen LogP contribution in [0, 0.1) is 0 Å². The van der Waals surface area contributed by atoms with Crippen molar-refractivity contribution in [2.75, 3.05) is 64.4 Å². The number of carbonyl (C=O) groups is 2. The minimum atomic E-state index is -4.52. The zero-order chi connectivity index (χ0) is 41.2. The SMILES string of the molecule is COc1ccc2[nH]c3c(c2c1)CN(C(=O)NCCCCN1CCN(c2cc(C(F)(F)F)nc(C(C)(C)C)n2)CC1)CC3.NC(=O)N1CCc2[nH]c3ccccc3c2C1. The van der Waals surface area contributed by atoms with Gasteiger partial charge in [0.05, 0.1) is 7.11 Å². The number of carbonyl (C=O) groups excluding carboxylic acids is 2. The van der Waals surface area contributed by atoms with Gasteiger partial charge in [-0.1, -0.05) is 39.0 Å². The molecule has 4 amide bonds. The van der Waals surface area contributed by atoms with Crippen LogP contribution in [0.15, 0.2) is 48.5 Å². The molecule has 1 fully saturated rings. The van der Waals surface area contributed by atoms with E-state index in [0.717, 1.165) is 79.1 Å². The van der Waals surface area contributed by atoms with Gasteiger partial charge in [0.15, 0.2) is 0 Å². The number of alkyl halides is 3. The highest BCUT2D eigenvalue weighted by Crippen LogP contribution is 2.33. The lowest BCUT2D eigenvalue weighted by Crippen LogP contribution is -2.47. The van der Waals surface area contributed by atoms with Gasteiger partial charge in [-0.05, 0) is 43.7 Å². The van der Waals surface area contributed by atoms with Crippen molar-refractivity contribution in [2.24, 2.45) is 5.73 Å². The second-order valence-corrected chi connectivity index (χ2v) is 16.3. The van der Waals surface area contributed by atoms with Gasteiger partial charge in [-0.2, -0.15) is 13.2 Å². The maximum absolute atomic E-state index is 13.5. The minimum Gasteiger partial charge on any atom is -0.497 e. The van der Waals surface area contributed by atoms with E-state index in [1.54, 1.807) is 12.0 Å². The molecule has 3 aliphatic rings. The van der Waals surface area contributed by atoms with Crippen LogP contribution in [-0.2, 0) is 37.5 Å². The first kappa shape index (κ1) is 40.7. The first-order chi connectivity index (χ1) is 27.7. The van der Waals surface area contributed by atoms with Crippen molar-refractivity contribution in [3.8, 4) is 5.75 Å². The number of hydrogen-bond donors (Lipinski definition) is 4. The molecule has 13 nitrogen and oxygen atoms in total. The summed E-state index contributed by atoms with van der Waals surface area (Å²) in [5.41, 5.74) is 10.8. The average Bonchev–Trinajstić information content (AvgIpc) is 3.77. The largest absolute Gasteiger partial charge is 0.497 e. The molecule has 0 radical (unpaired) electrons. The summed E-state index contributed by atoms with van der Waals surface area (Å²) in [6.07, 6.45) is -1.10. The Bertz CT molecular complexity index is 2220. The highest BCUT2D eigenvalue weighted by atomic mass is 19.4. The number of ether oxygens (including phenoxy) is 1. The predicted octanol–water partition coefficient (Wildman–Crippen LogP) is 6.56. The van der Waals surface area contributed by atoms with Gasteiger partial charge < -0.3 is 40.5 Å². The number of aromatic nitrogens is 4. The van der Waals surface area contributed by atoms with Crippen molar-refractivity contribution < 1.29 is 27.5 Å². The number of piperazine rings is 1. The number of primary amides is 1. The molecule has 0 atom stereocenters. The van der Waals surface area contributed by atoms with Crippen LogP contribution < -0.4 is 20.7 Å². The number of fused-ring (bicyclic) bond motifs is 6. The van der Waals surface area contributed by atoms with E-state index in [2.05, 4.69) is 42.3 Å². The number of urea groups is 2. The van der Waals surface area contributed by atoms with Crippen LogP contribution >= 0.6 is 0 Å². The van der Waals surface area contributed by atoms with E-state index in [1.807, 2.05) is 60.9 Å². The molecule has 0 aliphatic carbocycles. The molecule has 8 rings (SSSR count). The molecule has 1 saturated heterocycles. The smallest absolute Gasteiger partial charge is 0.433 e. The number of unbranched alkanes of at least 4 members (excludes halogenated alkanes) is 1. The Hall–Kier alpha value is -5.51. The van der Waals surface area contributed by atoms with Crippen molar-refractivity contribution in [1.29, 1.82) is 0 Å². The van der Waals surface area contributed by atoms with Crippen molar-refractivity contribution in [2.45, 2.75) is 71.1 Å². The molecule has 0 unspecified atom stereocenters. The second-order valence-electron chi connectivity index (χ2n) is 16.3. The summed E-state index contributed by atoms with van der Waals surface area (Å²) in [5.74, 6) is 1.33. The van der Waals surface area contributed by atoms with Crippen LogP contribution in [0.5, 0.6) is 5.75 Å². The average molecular weight is 803 g/mol. The maximum atomic E-state index is 13.5. The fraction of sp³-hybridized carbons (Fsp3) is 0.476. The first-order valence-corrected chi connectivity index (χ1v) is 19.9. The van der Waals surface area contributed by atoms with Gasteiger partial charge in [-0.25, -0.2) is 19.6 Å². The van der Waals surface area contributed by atoms with Crippen LogP contribution in [0.2, 0.25) is 0 Å². The van der Waals surface area contributed by atoms with Crippen molar-refractivity contribution in [1.82, 2.24) is 40.0 Å². The molecule has 0 bridgehead atoms. The number of hydrogen-bond acceptors (Lipinski definition) is 7. The minimum absolute atomic E-state index is 0.0517. The third kappa shape index (κ3) is 9.11. The molecule has 5 aromatic rings. The lowest BCUT2D eigenvalue weighted by Gasteiger charge is -2.36. The van der Waals surface area contributed by atoms with Crippen LogP contribution in [-0.4, -0.2) is 106 Å². The molecule has 310 valence electrons. The fourth-order valence-electron chi connectivity index (χ4n) is 7.89. The number of rotatable bonds is 7. The van der Waals surface area contributed by atoms with Crippen LogP contribution in [0.25, 0.3) is 21.8 Å². The van der Waals surface area contributed by atoms with E-state index in [0.29, 0.717) is 51.6 Å². The normalized spacial score (nSPS) is 16.2. The number of aromatic amines is 2. The standard InChI is InChI=1S/C30H40F3N7O2.C12H13N3O/c1-29(2,3)27-36-25(30(31,32)33)18-26(37-27)39-15-13-38(14-16-39)11-6-5-10-34-28(41)40-12-9-24-22(19-40)21-17-20(42-4)7-8-23(21)35-24;13-12(16)15-6-5-11-9(7-15)8-3-1-2-4-10(8)14-11/h7-8,17-18,35H,5-6,9-16,19H2,1-4H3,(H,34,41);1-4,14H,5-7H2,(H2,13,16). The lowest BCUT2D eigenvalue weighted by atomic mass is 9.95. The zero-order valence-corrected chi connectivity index (χ0v) is 33.6. The van der Waals surface area contributed by atoms with Crippen molar-refractivity contribution in [3.05, 3.63) is 82.6 Å². The van der Waals surface area contributed by atoms with Gasteiger partial charge in [0, 0.05) is 128 Å². The molecule has 6 heterocycles. The zero-order valence-electron chi connectivity index (χ0n) is 33.6. The Balaban J connectivity index is 0.000000264. The number of benzene rings is 2. The van der Waals surface area contributed by atoms with E-state index in [4.69, 9.17) is 10.5 Å². The Morgan fingerprint density at radius 1 is 0.828 bits per heavy atom. The maximum Gasteiger partial charge on any atom is 0.433 e. The lowest BCUT2D eigenvalue weighted by molar-refractivity contribution is -0.141. The van der Waals surface area contributed by atoms with Crippen molar-refractivity contribution in [3.63, 3.8) is 0 Å². The molecule has 0 spiro atoms. The van der Waals surface area contributed by atoms with Gasteiger partial charge in [0.25, 0.3) is 0 Å². The molecule has 0 saturated carbocycles. The van der Waals surface area contributed by atoms with Crippen molar-refractivity contribution >= 4 is 39.7 Å². The number of nitrogens with two attached hydrogens (primary N) is 1. The molecule has 3 aliphatic heterocycles. The third-order valence-corrected chi connectivity index (χ3v) is 11.2.